The van der Waals surface area contributed by atoms with Crippen LogP contribution in [0.1, 0.15) is 38.7 Å². The van der Waals surface area contributed by atoms with Crippen LogP contribution in [0.25, 0.3) is 0 Å². The van der Waals surface area contributed by atoms with E-state index in [-0.39, 0.29) is 12.0 Å². The molecule has 1 N–H and O–H groups in total. The van der Waals surface area contributed by atoms with Crippen LogP contribution in [0.4, 0.5) is 0 Å². The molecule has 0 radical (unpaired) electrons. The predicted molar refractivity (Wildman–Crippen MR) is 89.0 cm³/mol. The molecule has 0 amide bonds. The number of nitrogens with zero attached hydrogens (tertiary/aromatic N) is 1. The summed E-state index contributed by atoms with van der Waals surface area (Å²) in [5.74, 6) is 0.687. The monoisotopic (exact) mass is 321 g/mol. The lowest BCUT2D eigenvalue weighted by Gasteiger charge is -2.31. The lowest BCUT2D eigenvalue weighted by molar-refractivity contribution is -0.143. The van der Waals surface area contributed by atoms with Crippen molar-refractivity contribution in [2.75, 3.05) is 20.2 Å². The van der Waals surface area contributed by atoms with Gasteiger partial charge in [-0.25, -0.2) is 0 Å². The van der Waals surface area contributed by atoms with Crippen molar-refractivity contribution in [1.82, 2.24) is 4.90 Å². The molecule has 1 saturated heterocycles. The Bertz CT molecular complexity index is 524. The van der Waals surface area contributed by atoms with Gasteiger partial charge in [-0.1, -0.05) is 19.1 Å². The van der Waals surface area contributed by atoms with Crippen LogP contribution in [0.2, 0.25) is 0 Å². The van der Waals surface area contributed by atoms with E-state index in [9.17, 15) is 4.79 Å². The number of hydrogen-bond donors (Lipinski definition) is 1. The van der Waals surface area contributed by atoms with Gasteiger partial charge >= 0.3 is 5.97 Å². The Morgan fingerprint density at radius 2 is 2.09 bits per heavy atom. The highest BCUT2D eigenvalue weighted by Crippen LogP contribution is 2.33. The fourth-order valence-corrected chi connectivity index (χ4v) is 2.84. The zero-order valence-corrected chi connectivity index (χ0v) is 14.2. The van der Waals surface area contributed by atoms with Crippen molar-refractivity contribution >= 4 is 5.97 Å². The van der Waals surface area contributed by atoms with Gasteiger partial charge in [0.25, 0.3) is 0 Å². The molecule has 23 heavy (non-hydrogen) atoms. The van der Waals surface area contributed by atoms with Crippen molar-refractivity contribution in [3.63, 3.8) is 0 Å². The van der Waals surface area contributed by atoms with Crippen LogP contribution in [-0.4, -0.2) is 42.3 Å². The largest absolute Gasteiger partial charge is 0.493 e. The Morgan fingerprint density at radius 3 is 2.65 bits per heavy atom. The average Bonchev–Trinajstić information content (AvgIpc) is 2.56. The maximum atomic E-state index is 11.1. The lowest BCUT2D eigenvalue weighted by atomic mass is 9.96. The van der Waals surface area contributed by atoms with Crippen LogP contribution in [0.15, 0.2) is 18.2 Å². The van der Waals surface area contributed by atoms with Gasteiger partial charge in [-0.15, -0.1) is 0 Å². The molecular formula is C18H27NO4. The summed E-state index contributed by atoms with van der Waals surface area (Å²) in [6.07, 6.45) is 2.48. The van der Waals surface area contributed by atoms with Crippen molar-refractivity contribution < 1.29 is 19.4 Å². The summed E-state index contributed by atoms with van der Waals surface area (Å²) in [6.45, 7) is 6.51. The van der Waals surface area contributed by atoms with Crippen molar-refractivity contribution in [2.45, 2.75) is 45.8 Å². The maximum Gasteiger partial charge on any atom is 0.306 e. The molecule has 1 aromatic rings. The minimum Gasteiger partial charge on any atom is -0.493 e. The van der Waals surface area contributed by atoms with Crippen LogP contribution in [0, 0.1) is 5.92 Å². The molecular weight excluding hydrogens is 294 g/mol. The van der Waals surface area contributed by atoms with Gasteiger partial charge in [-0.3, -0.25) is 9.69 Å². The Kier molecular flexibility index (Phi) is 6.28. The quantitative estimate of drug-likeness (QED) is 0.836. The van der Waals surface area contributed by atoms with Crippen LogP contribution < -0.4 is 9.47 Å². The van der Waals surface area contributed by atoms with Gasteiger partial charge in [-0.2, -0.15) is 0 Å². The second-order valence-electron chi connectivity index (χ2n) is 6.17. The fraction of sp³-hybridized carbons (Fsp3) is 0.611. The van der Waals surface area contributed by atoms with Gasteiger partial charge in [0.05, 0.1) is 19.1 Å². The molecule has 0 aliphatic carbocycles. The first kappa shape index (κ1) is 17.6. The molecule has 0 aromatic heterocycles. The molecule has 1 aliphatic heterocycles. The topological polar surface area (TPSA) is 59.0 Å². The Balaban J connectivity index is 2.09. The third-order valence-electron chi connectivity index (χ3n) is 4.51. The number of piperidine rings is 1. The van der Waals surface area contributed by atoms with Crippen molar-refractivity contribution in [3.8, 4) is 11.5 Å². The summed E-state index contributed by atoms with van der Waals surface area (Å²) >= 11 is 0. The zero-order chi connectivity index (χ0) is 16.8. The molecule has 2 rings (SSSR count). The van der Waals surface area contributed by atoms with Crippen LogP contribution >= 0.6 is 0 Å². The molecule has 0 saturated carbocycles. The van der Waals surface area contributed by atoms with Gasteiger partial charge in [-0.05, 0) is 45.3 Å². The molecule has 0 bridgehead atoms. The molecule has 1 heterocycles. The summed E-state index contributed by atoms with van der Waals surface area (Å²) < 4.78 is 11.5. The number of carbonyl (C=O) groups is 1. The lowest BCUT2D eigenvalue weighted by Crippen LogP contribution is -2.36. The van der Waals surface area contributed by atoms with Crippen LogP contribution in [0.5, 0.6) is 11.5 Å². The highest BCUT2D eigenvalue weighted by atomic mass is 16.5. The fourth-order valence-electron chi connectivity index (χ4n) is 2.84. The Hall–Kier alpha value is -1.75. The van der Waals surface area contributed by atoms with E-state index in [4.69, 9.17) is 14.6 Å². The third-order valence-corrected chi connectivity index (χ3v) is 4.51. The Labute approximate surface area is 138 Å². The van der Waals surface area contributed by atoms with Crippen molar-refractivity contribution in [1.29, 1.82) is 0 Å². The van der Waals surface area contributed by atoms with Crippen LogP contribution in [0.3, 0.4) is 0 Å². The van der Waals surface area contributed by atoms with E-state index >= 15 is 0 Å². The molecule has 1 atom stereocenters. The smallest absolute Gasteiger partial charge is 0.306 e. The van der Waals surface area contributed by atoms with Gasteiger partial charge < -0.3 is 14.6 Å². The molecule has 0 spiro atoms. The first-order valence-corrected chi connectivity index (χ1v) is 8.32. The van der Waals surface area contributed by atoms with E-state index in [1.807, 2.05) is 12.1 Å². The molecule has 5 heteroatoms. The SMILES string of the molecule is CCC(C)Oc1c(CN2CCC(C(=O)O)CC2)cccc1OC. The van der Waals surface area contributed by atoms with E-state index in [0.29, 0.717) is 12.8 Å². The number of aliphatic carboxylic acids is 1. The van der Waals surface area contributed by atoms with E-state index in [0.717, 1.165) is 43.1 Å². The van der Waals surface area contributed by atoms with E-state index in [1.54, 1.807) is 7.11 Å². The highest BCUT2D eigenvalue weighted by Gasteiger charge is 2.25. The summed E-state index contributed by atoms with van der Waals surface area (Å²) in [6, 6.07) is 5.95. The summed E-state index contributed by atoms with van der Waals surface area (Å²) in [7, 11) is 1.65. The average molecular weight is 321 g/mol. The second kappa shape index (κ2) is 8.20. The summed E-state index contributed by atoms with van der Waals surface area (Å²) in [5, 5.41) is 9.10. The predicted octanol–water partition coefficient (Wildman–Crippen LogP) is 3.17. The number of benzene rings is 1. The third kappa shape index (κ3) is 4.61. The van der Waals surface area contributed by atoms with E-state index in [1.165, 1.54) is 0 Å². The molecule has 1 aliphatic rings. The number of likely N-dealkylation sites (tertiary alicyclic amines) is 1. The Morgan fingerprint density at radius 1 is 1.39 bits per heavy atom. The normalized spacial score (nSPS) is 17.7. The number of rotatable bonds is 7. The standard InChI is InChI=1S/C18H27NO4/c1-4-13(2)23-17-15(6-5-7-16(17)22-3)12-19-10-8-14(9-11-19)18(20)21/h5-7,13-14H,4,8-12H2,1-3H3,(H,20,21). The first-order chi connectivity index (χ1) is 11.0. The number of carboxylic acid groups (broad SMARTS) is 1. The number of para-hydroxylation sites is 1. The minimum absolute atomic E-state index is 0.128. The molecule has 1 fully saturated rings. The summed E-state index contributed by atoms with van der Waals surface area (Å²) in [4.78, 5) is 13.3. The van der Waals surface area contributed by atoms with Gasteiger partial charge in [0.1, 0.15) is 0 Å². The van der Waals surface area contributed by atoms with Crippen LogP contribution in [-0.2, 0) is 11.3 Å². The number of ether oxygens (including phenoxy) is 2. The van der Waals surface area contributed by atoms with Crippen molar-refractivity contribution in [3.05, 3.63) is 23.8 Å². The van der Waals surface area contributed by atoms with E-state index < -0.39 is 5.97 Å². The number of carboxylic acids is 1. The minimum atomic E-state index is -0.674. The van der Waals surface area contributed by atoms with Gasteiger partial charge in [0.15, 0.2) is 11.5 Å². The molecule has 128 valence electrons. The van der Waals surface area contributed by atoms with Gasteiger partial charge in [0.2, 0.25) is 0 Å². The number of methoxy groups -OCH3 is 1. The van der Waals surface area contributed by atoms with Gasteiger partial charge in [0, 0.05) is 12.1 Å². The van der Waals surface area contributed by atoms with E-state index in [2.05, 4.69) is 24.8 Å². The maximum absolute atomic E-state index is 11.1. The summed E-state index contributed by atoms with van der Waals surface area (Å²) in [5.41, 5.74) is 1.10. The first-order valence-electron chi connectivity index (χ1n) is 8.32. The molecule has 1 aromatic carbocycles. The number of hydrogen-bond acceptors (Lipinski definition) is 4. The second-order valence-corrected chi connectivity index (χ2v) is 6.17. The van der Waals surface area contributed by atoms with Crippen molar-refractivity contribution in [2.24, 2.45) is 5.92 Å². The highest BCUT2D eigenvalue weighted by molar-refractivity contribution is 5.70. The molecule has 1 unspecified atom stereocenters. The molecule has 5 nitrogen and oxygen atoms in total. The zero-order valence-electron chi connectivity index (χ0n) is 14.2.